The zero-order valence-corrected chi connectivity index (χ0v) is 14.5. The number of aromatic nitrogens is 1. The van der Waals surface area contributed by atoms with Crippen molar-refractivity contribution in [2.24, 2.45) is 0 Å². The maximum Gasteiger partial charge on any atom is 0.211 e. The van der Waals surface area contributed by atoms with Gasteiger partial charge in [0, 0.05) is 34.3 Å². The number of H-pyrrole nitrogens is 1. The van der Waals surface area contributed by atoms with Gasteiger partial charge in [0.05, 0.1) is 22.8 Å². The van der Waals surface area contributed by atoms with Gasteiger partial charge in [-0.05, 0) is 29.8 Å². The molecule has 2 N–H and O–H groups in total. The molecule has 0 amide bonds. The molecule has 3 nitrogen and oxygen atoms in total. The number of rotatable bonds is 2. The maximum absolute atomic E-state index is 9.15. The minimum atomic E-state index is 0.663. The van der Waals surface area contributed by atoms with Crippen LogP contribution in [0.5, 0.6) is 0 Å². The predicted octanol–water partition coefficient (Wildman–Crippen LogP) is 3.80. The molecule has 3 aromatic carbocycles. The van der Waals surface area contributed by atoms with E-state index in [-0.39, 0.29) is 0 Å². The normalized spacial score (nSPS) is 14.2. The van der Waals surface area contributed by atoms with Crippen molar-refractivity contribution in [3.8, 4) is 6.07 Å². The molecule has 5 rings (SSSR count). The van der Waals surface area contributed by atoms with Crippen LogP contribution in [0.3, 0.4) is 0 Å². The second-order valence-corrected chi connectivity index (χ2v) is 6.56. The molecule has 0 radical (unpaired) electrons. The maximum atomic E-state index is 9.15. The largest absolute Gasteiger partial charge is 0.361 e. The molecular weight excluding hydrogens is 330 g/mol. The van der Waals surface area contributed by atoms with E-state index < -0.39 is 0 Å². The van der Waals surface area contributed by atoms with Crippen molar-refractivity contribution in [2.45, 2.75) is 0 Å². The molecule has 27 heavy (non-hydrogen) atoms. The van der Waals surface area contributed by atoms with E-state index in [1.165, 1.54) is 10.9 Å². The molecule has 0 spiro atoms. The number of aromatic amines is 1. The van der Waals surface area contributed by atoms with Gasteiger partial charge >= 0.3 is 0 Å². The Bertz CT molecular complexity index is 1260. The van der Waals surface area contributed by atoms with E-state index in [2.05, 4.69) is 64.9 Å². The van der Waals surface area contributed by atoms with E-state index >= 15 is 0 Å². The van der Waals surface area contributed by atoms with Gasteiger partial charge in [-0.2, -0.15) is 5.26 Å². The third-order valence-corrected chi connectivity index (χ3v) is 5.02. The van der Waals surface area contributed by atoms with Crippen LogP contribution in [0.15, 0.2) is 79.0 Å². The third-order valence-electron chi connectivity index (χ3n) is 5.02. The molecule has 1 aliphatic rings. The van der Waals surface area contributed by atoms with Crippen molar-refractivity contribution >= 4 is 34.0 Å². The average molecular weight is 346 g/mol. The van der Waals surface area contributed by atoms with Gasteiger partial charge in [-0.25, -0.2) is 4.99 Å². The molecule has 0 aliphatic carbocycles. The van der Waals surface area contributed by atoms with Crippen molar-refractivity contribution < 1.29 is 4.99 Å². The van der Waals surface area contributed by atoms with Crippen LogP contribution in [0, 0.1) is 11.3 Å². The van der Waals surface area contributed by atoms with Crippen LogP contribution in [0.1, 0.15) is 22.3 Å². The summed E-state index contributed by atoms with van der Waals surface area (Å²) in [6.07, 6.45) is 4.14. The minimum Gasteiger partial charge on any atom is -0.361 e. The lowest BCUT2D eigenvalue weighted by Crippen LogP contribution is -2.58. The number of para-hydroxylation sites is 2. The second kappa shape index (κ2) is 6.12. The Balaban J connectivity index is 1.83. The van der Waals surface area contributed by atoms with Crippen molar-refractivity contribution in [1.29, 1.82) is 5.26 Å². The second-order valence-electron chi connectivity index (χ2n) is 6.56. The van der Waals surface area contributed by atoms with Crippen molar-refractivity contribution in [3.63, 3.8) is 0 Å². The standard InChI is InChI=1S/C24H15N3/c25-13-16-9-11-17(12-10-16)24(20-14-26-22-7-3-1-5-18(20)22)21-15-27-23-8-4-2-6-19(21)23/h1-12,14-15,26H/p+1/b24-21+. The molecule has 0 saturated heterocycles. The first kappa shape index (κ1) is 15.4. The van der Waals surface area contributed by atoms with E-state index in [4.69, 9.17) is 5.26 Å². The summed E-state index contributed by atoms with van der Waals surface area (Å²) in [5.74, 6) is 0. The Hall–Kier alpha value is -3.90. The van der Waals surface area contributed by atoms with Crippen molar-refractivity contribution in [2.75, 3.05) is 0 Å². The number of hydrogen-bond donors (Lipinski definition) is 2. The number of fused-ring (bicyclic) bond motifs is 2. The van der Waals surface area contributed by atoms with Gasteiger partial charge in [0.1, 0.15) is 0 Å². The molecule has 3 heteroatoms. The molecule has 0 fully saturated rings. The van der Waals surface area contributed by atoms with Crippen LogP contribution in [0.4, 0.5) is 5.69 Å². The summed E-state index contributed by atoms with van der Waals surface area (Å²) in [5.41, 5.74) is 8.60. The fourth-order valence-corrected chi connectivity index (χ4v) is 3.72. The highest BCUT2D eigenvalue weighted by Gasteiger charge is 2.24. The topological polar surface area (TPSA) is 53.5 Å². The molecule has 126 valence electrons. The van der Waals surface area contributed by atoms with Crippen LogP contribution in [0.25, 0.3) is 22.0 Å². The first-order valence-electron chi connectivity index (χ1n) is 8.85. The van der Waals surface area contributed by atoms with Gasteiger partial charge in [-0.15, -0.1) is 0 Å². The Kier molecular flexibility index (Phi) is 3.48. The van der Waals surface area contributed by atoms with Gasteiger partial charge < -0.3 is 4.98 Å². The molecule has 0 atom stereocenters. The lowest BCUT2D eigenvalue weighted by Gasteiger charge is -2.10. The van der Waals surface area contributed by atoms with E-state index in [0.29, 0.717) is 5.56 Å². The summed E-state index contributed by atoms with van der Waals surface area (Å²) >= 11 is 0. The average Bonchev–Trinajstić information content (AvgIpc) is 3.34. The van der Waals surface area contributed by atoms with Crippen LogP contribution >= 0.6 is 0 Å². The molecule has 0 bridgehead atoms. The summed E-state index contributed by atoms with van der Waals surface area (Å²) in [7, 11) is 0. The Labute approximate surface area is 156 Å². The predicted molar refractivity (Wildman–Crippen MR) is 109 cm³/mol. The molecule has 1 aromatic heterocycles. The highest BCUT2D eigenvalue weighted by Crippen LogP contribution is 2.37. The van der Waals surface area contributed by atoms with Crippen LogP contribution in [0.2, 0.25) is 0 Å². The summed E-state index contributed by atoms with van der Waals surface area (Å²) < 4.78 is 0. The number of allylic oxidation sites excluding steroid dienone is 1. The summed E-state index contributed by atoms with van der Waals surface area (Å²) in [5, 5.41) is 10.3. The fraction of sp³-hybridized carbons (Fsp3) is 0. The molecule has 2 heterocycles. The zero-order chi connectivity index (χ0) is 18.2. The van der Waals surface area contributed by atoms with Gasteiger partial charge in [-0.1, -0.05) is 42.5 Å². The van der Waals surface area contributed by atoms with Crippen LogP contribution in [-0.2, 0) is 0 Å². The molecule has 0 unspecified atom stereocenters. The Morgan fingerprint density at radius 3 is 2.52 bits per heavy atom. The summed E-state index contributed by atoms with van der Waals surface area (Å²) in [6.45, 7) is 0. The molecular formula is C24H16N3+. The minimum absolute atomic E-state index is 0.663. The van der Waals surface area contributed by atoms with Crippen LogP contribution in [-0.4, -0.2) is 11.2 Å². The highest BCUT2D eigenvalue weighted by molar-refractivity contribution is 6.24. The third kappa shape index (κ3) is 2.47. The van der Waals surface area contributed by atoms with Gasteiger partial charge in [0.25, 0.3) is 0 Å². The molecule has 0 saturated carbocycles. The van der Waals surface area contributed by atoms with E-state index in [0.717, 1.165) is 33.5 Å². The molecule has 4 aromatic rings. The zero-order valence-electron chi connectivity index (χ0n) is 14.5. The number of hydrogen-bond acceptors (Lipinski definition) is 1. The van der Waals surface area contributed by atoms with Gasteiger partial charge in [0.15, 0.2) is 6.21 Å². The number of nitrogens with one attached hydrogen (secondary N) is 2. The highest BCUT2D eigenvalue weighted by atomic mass is 14.8. The number of nitrogens with zero attached hydrogens (tertiary/aromatic N) is 1. The smallest absolute Gasteiger partial charge is 0.211 e. The number of nitriles is 1. The Morgan fingerprint density at radius 1 is 0.889 bits per heavy atom. The Morgan fingerprint density at radius 2 is 1.67 bits per heavy atom. The van der Waals surface area contributed by atoms with E-state index in [1.807, 2.05) is 36.4 Å². The van der Waals surface area contributed by atoms with Crippen LogP contribution < -0.4 is 4.99 Å². The first-order valence-corrected chi connectivity index (χ1v) is 8.85. The fourth-order valence-electron chi connectivity index (χ4n) is 3.72. The quantitative estimate of drug-likeness (QED) is 0.570. The van der Waals surface area contributed by atoms with E-state index in [1.54, 1.807) is 0 Å². The monoisotopic (exact) mass is 346 g/mol. The van der Waals surface area contributed by atoms with Crippen molar-refractivity contribution in [3.05, 3.63) is 101 Å². The first-order chi connectivity index (χ1) is 13.3. The van der Waals surface area contributed by atoms with Gasteiger partial charge in [0.2, 0.25) is 5.69 Å². The molecule has 1 aliphatic heterocycles. The lowest BCUT2D eigenvalue weighted by atomic mass is 9.90. The number of benzene rings is 3. The lowest BCUT2D eigenvalue weighted by molar-refractivity contribution is -0.342. The SMILES string of the molecule is N#Cc1ccc(/C(=C2/C=[NH+]c3ccccc32)c2c[nH]c3ccccc23)cc1. The van der Waals surface area contributed by atoms with Gasteiger partial charge in [-0.3, -0.25) is 0 Å². The van der Waals surface area contributed by atoms with E-state index in [9.17, 15) is 0 Å². The van der Waals surface area contributed by atoms with Crippen molar-refractivity contribution in [1.82, 2.24) is 4.98 Å². The summed E-state index contributed by atoms with van der Waals surface area (Å²) in [4.78, 5) is 6.78. The summed E-state index contributed by atoms with van der Waals surface area (Å²) in [6, 6.07) is 26.6.